The van der Waals surface area contributed by atoms with Crippen molar-refractivity contribution in [3.05, 3.63) is 39.8 Å². The van der Waals surface area contributed by atoms with Crippen molar-refractivity contribution in [3.63, 3.8) is 0 Å². The van der Waals surface area contributed by atoms with Crippen LogP contribution in [0.5, 0.6) is 5.75 Å². The van der Waals surface area contributed by atoms with Gasteiger partial charge in [0.2, 0.25) is 3.79 Å². The normalized spacial score (nSPS) is 23.1. The summed E-state index contributed by atoms with van der Waals surface area (Å²) in [4.78, 5) is 31.8. The number of phenols is 1. The summed E-state index contributed by atoms with van der Waals surface area (Å²) in [6, 6.07) is 2.30. The number of phenolic OH excluding ortho intramolecular Hbond substituents is 1. The lowest BCUT2D eigenvalue weighted by molar-refractivity contribution is -0.161. The van der Waals surface area contributed by atoms with E-state index in [9.17, 15) is 14.7 Å². The topological polar surface area (TPSA) is 79.2 Å². The van der Waals surface area contributed by atoms with Crippen molar-refractivity contribution in [1.82, 2.24) is 4.90 Å². The van der Waals surface area contributed by atoms with Crippen molar-refractivity contribution in [1.29, 1.82) is 0 Å². The molecule has 2 heterocycles. The molecule has 3 rings (SSSR count). The van der Waals surface area contributed by atoms with E-state index in [0.29, 0.717) is 5.57 Å². The number of aromatic hydroxyl groups is 1. The number of fused-ring (bicyclic) bond motifs is 1. The first kappa shape index (κ1) is 28.2. The van der Waals surface area contributed by atoms with Gasteiger partial charge < -0.3 is 14.7 Å². The first-order chi connectivity index (χ1) is 15.9. The molecule has 0 bridgehead atoms. The van der Waals surface area contributed by atoms with Gasteiger partial charge in [-0.2, -0.15) is 0 Å². The molecule has 0 aliphatic carbocycles. The fourth-order valence-corrected chi connectivity index (χ4v) is 5.39. The molecule has 1 aromatic rings. The number of nitrogens with zero attached hydrogens (tertiary/aromatic N) is 2. The second-order valence-corrected chi connectivity index (χ2v) is 14.5. The maximum Gasteiger partial charge on any atom is 0.333 e. The molecule has 2 aliphatic heterocycles. The van der Waals surface area contributed by atoms with Crippen LogP contribution in [0.1, 0.15) is 65.2 Å². The number of carbonyl (C=O) groups excluding carboxylic acids is 2. The molecule has 1 unspecified atom stereocenters. The molecular weight excluding hydrogens is 531 g/mol. The lowest BCUT2D eigenvalue weighted by Crippen LogP contribution is -2.68. The number of aliphatic imine (C=N–C) groups is 1. The number of amides is 1. The Morgan fingerprint density at radius 1 is 1.14 bits per heavy atom. The van der Waals surface area contributed by atoms with E-state index in [4.69, 9.17) is 39.5 Å². The van der Waals surface area contributed by atoms with Crippen LogP contribution in [0.4, 0.5) is 0 Å². The number of alkyl halides is 3. The number of halogens is 3. The molecule has 1 amide bonds. The Hall–Kier alpha value is -1.41. The zero-order chi connectivity index (χ0) is 26.5. The number of benzene rings is 1. The van der Waals surface area contributed by atoms with E-state index in [-0.39, 0.29) is 27.9 Å². The van der Waals surface area contributed by atoms with Crippen molar-refractivity contribution in [2.75, 3.05) is 6.61 Å². The van der Waals surface area contributed by atoms with Gasteiger partial charge in [0, 0.05) is 17.3 Å². The molecule has 1 saturated heterocycles. The minimum atomic E-state index is -1.73. The van der Waals surface area contributed by atoms with Gasteiger partial charge in [0.25, 0.3) is 5.91 Å². The average molecular weight is 562 g/mol. The Balaban J connectivity index is 1.86. The highest BCUT2D eigenvalue weighted by Gasteiger charge is 2.55. The Kier molecular flexibility index (Phi) is 7.89. The SMILES string of the molecule is CC1=CS[C@@H]2[C@H](N=Cc3cc(C(C)(C)C)c(O)c(C(C)(C)C)c3)C(=O)N2C1C(=O)OCC(Cl)(Cl)Cl. The largest absolute Gasteiger partial charge is 0.507 e. The Morgan fingerprint density at radius 2 is 1.69 bits per heavy atom. The number of thioether (sulfide) groups is 1. The molecule has 0 spiro atoms. The third kappa shape index (κ3) is 6.12. The summed E-state index contributed by atoms with van der Waals surface area (Å²) in [7, 11) is 0. The van der Waals surface area contributed by atoms with Gasteiger partial charge in [-0.05, 0) is 46.4 Å². The minimum absolute atomic E-state index is 0.270. The molecule has 1 N–H and O–H groups in total. The van der Waals surface area contributed by atoms with E-state index < -0.39 is 28.5 Å². The van der Waals surface area contributed by atoms with Gasteiger partial charge >= 0.3 is 5.97 Å². The summed E-state index contributed by atoms with van der Waals surface area (Å²) in [6.07, 6.45) is 1.67. The summed E-state index contributed by atoms with van der Waals surface area (Å²) >= 11 is 18.5. The van der Waals surface area contributed by atoms with Gasteiger partial charge in [0.05, 0.1) is 0 Å². The van der Waals surface area contributed by atoms with Crippen LogP contribution in [0.15, 0.2) is 28.1 Å². The molecule has 6 nitrogen and oxygen atoms in total. The van der Waals surface area contributed by atoms with E-state index in [1.807, 2.05) is 59.1 Å². The molecule has 3 atom stereocenters. The van der Waals surface area contributed by atoms with Crippen LogP contribution in [0.2, 0.25) is 0 Å². The van der Waals surface area contributed by atoms with E-state index >= 15 is 0 Å². The van der Waals surface area contributed by atoms with Crippen LogP contribution in [-0.4, -0.2) is 56.0 Å². The van der Waals surface area contributed by atoms with Gasteiger partial charge in [0.1, 0.15) is 17.7 Å². The Labute approximate surface area is 226 Å². The minimum Gasteiger partial charge on any atom is -0.507 e. The van der Waals surface area contributed by atoms with Gasteiger partial charge in [0.15, 0.2) is 12.1 Å². The lowest BCUT2D eigenvalue weighted by atomic mass is 9.78. The predicted molar refractivity (Wildman–Crippen MR) is 144 cm³/mol. The number of carbonyl (C=O) groups is 2. The third-order valence-electron chi connectivity index (χ3n) is 5.89. The molecule has 1 fully saturated rings. The number of ether oxygens (including phenoxy) is 1. The highest BCUT2D eigenvalue weighted by atomic mass is 35.6. The van der Waals surface area contributed by atoms with Crippen molar-refractivity contribution in [3.8, 4) is 5.75 Å². The second-order valence-electron chi connectivity index (χ2n) is 10.9. The highest BCUT2D eigenvalue weighted by molar-refractivity contribution is 8.02. The summed E-state index contributed by atoms with van der Waals surface area (Å²) in [6.45, 7) is 13.6. The van der Waals surface area contributed by atoms with E-state index in [0.717, 1.165) is 16.7 Å². The highest BCUT2D eigenvalue weighted by Crippen LogP contribution is 2.42. The molecule has 0 saturated carbocycles. The fraction of sp³-hybridized carbons (Fsp3) is 0.560. The Morgan fingerprint density at radius 3 is 2.17 bits per heavy atom. The maximum absolute atomic E-state index is 13.0. The number of β-lactam (4-membered cyclic amide) rings is 1. The Bertz CT molecular complexity index is 1050. The van der Waals surface area contributed by atoms with Crippen molar-refractivity contribution in [2.24, 2.45) is 4.99 Å². The molecular formula is C25H31Cl3N2O4S. The van der Waals surface area contributed by atoms with Crippen LogP contribution in [0.3, 0.4) is 0 Å². The third-order valence-corrected chi connectivity index (χ3v) is 7.49. The van der Waals surface area contributed by atoms with Crippen LogP contribution < -0.4 is 0 Å². The first-order valence-electron chi connectivity index (χ1n) is 11.2. The van der Waals surface area contributed by atoms with Crippen molar-refractivity contribution >= 4 is 64.7 Å². The van der Waals surface area contributed by atoms with Crippen LogP contribution in [-0.2, 0) is 25.2 Å². The molecule has 1 aromatic carbocycles. The summed E-state index contributed by atoms with van der Waals surface area (Å²) in [5, 5.41) is 12.4. The van der Waals surface area contributed by atoms with Crippen molar-refractivity contribution in [2.45, 2.75) is 80.5 Å². The van der Waals surface area contributed by atoms with Gasteiger partial charge in [-0.25, -0.2) is 4.79 Å². The average Bonchev–Trinajstić information content (AvgIpc) is 2.70. The van der Waals surface area contributed by atoms with Crippen LogP contribution >= 0.6 is 46.6 Å². The molecule has 0 radical (unpaired) electrons. The molecule has 192 valence electrons. The van der Waals surface area contributed by atoms with Gasteiger partial charge in [-0.1, -0.05) is 76.3 Å². The van der Waals surface area contributed by atoms with E-state index in [2.05, 4.69) is 4.99 Å². The standard InChI is InChI=1S/C25H31Cl3N2O4S/c1-13-11-35-21-17(20(32)30(21)18(13)22(33)34-12-25(26,27)28)29-10-14-8-15(23(2,3)4)19(31)16(9-14)24(5,6)7/h8-11,17-18,21,31H,12H2,1-7H3/t17-,18?,21-/m1/s1. The summed E-state index contributed by atoms with van der Waals surface area (Å²) < 4.78 is 3.41. The van der Waals surface area contributed by atoms with Gasteiger partial charge in [-0.15, -0.1) is 11.8 Å². The van der Waals surface area contributed by atoms with E-state index in [1.165, 1.54) is 16.7 Å². The quantitative estimate of drug-likeness (QED) is 0.215. The number of rotatable bonds is 4. The molecule has 10 heteroatoms. The number of hydrogen-bond acceptors (Lipinski definition) is 6. The fourth-order valence-electron chi connectivity index (χ4n) is 4.05. The first-order valence-corrected chi connectivity index (χ1v) is 13.3. The molecule has 0 aromatic heterocycles. The number of hydrogen-bond donors (Lipinski definition) is 1. The monoisotopic (exact) mass is 560 g/mol. The van der Waals surface area contributed by atoms with E-state index in [1.54, 1.807) is 13.1 Å². The zero-order valence-electron chi connectivity index (χ0n) is 20.9. The summed E-state index contributed by atoms with van der Waals surface area (Å²) in [5.74, 6) is -0.630. The van der Waals surface area contributed by atoms with Crippen molar-refractivity contribution < 1.29 is 19.4 Å². The molecule has 35 heavy (non-hydrogen) atoms. The summed E-state index contributed by atoms with van der Waals surface area (Å²) in [5.41, 5.74) is 2.55. The second kappa shape index (κ2) is 9.81. The van der Waals surface area contributed by atoms with Crippen LogP contribution in [0.25, 0.3) is 0 Å². The van der Waals surface area contributed by atoms with Crippen LogP contribution in [0, 0.1) is 0 Å². The number of esters is 1. The van der Waals surface area contributed by atoms with Gasteiger partial charge in [-0.3, -0.25) is 9.79 Å². The predicted octanol–water partition coefficient (Wildman–Crippen LogP) is 5.88. The zero-order valence-corrected chi connectivity index (χ0v) is 23.9. The lowest BCUT2D eigenvalue weighted by Gasteiger charge is -2.50. The maximum atomic E-state index is 13.0. The smallest absolute Gasteiger partial charge is 0.333 e. The molecule has 2 aliphatic rings.